The number of hydrogen-bond acceptors (Lipinski definition) is 4. The molecule has 2 aliphatic rings. The second kappa shape index (κ2) is 9.41. The van der Waals surface area contributed by atoms with Crippen molar-refractivity contribution in [3.8, 4) is 5.75 Å². The van der Waals surface area contributed by atoms with Crippen molar-refractivity contribution in [3.05, 3.63) is 24.3 Å². The van der Waals surface area contributed by atoms with Gasteiger partial charge in [0, 0.05) is 36.8 Å². The molecule has 1 aliphatic carbocycles. The Morgan fingerprint density at radius 1 is 1.18 bits per heavy atom. The average Bonchev–Trinajstić information content (AvgIpc) is 2.97. The lowest BCUT2D eigenvalue weighted by atomic mass is 9.88. The highest BCUT2D eigenvalue weighted by atomic mass is 16.5. The number of likely N-dealkylation sites (N-methyl/N-ethyl adjacent to an activating group) is 1. The summed E-state index contributed by atoms with van der Waals surface area (Å²) in [5, 5.41) is 3.08. The van der Waals surface area contributed by atoms with Gasteiger partial charge in [-0.2, -0.15) is 0 Å². The van der Waals surface area contributed by atoms with Crippen molar-refractivity contribution in [2.75, 3.05) is 38.7 Å². The Labute approximate surface area is 168 Å². The van der Waals surface area contributed by atoms with Crippen molar-refractivity contribution in [2.24, 2.45) is 0 Å². The highest BCUT2D eigenvalue weighted by molar-refractivity contribution is 5.95. The monoisotopic (exact) mass is 387 g/mol. The molecule has 154 valence electrons. The highest BCUT2D eigenvalue weighted by Gasteiger charge is 2.33. The molecule has 6 nitrogen and oxygen atoms in total. The lowest BCUT2D eigenvalue weighted by molar-refractivity contribution is -0.123. The number of rotatable bonds is 7. The topological polar surface area (TPSA) is 61.9 Å². The summed E-state index contributed by atoms with van der Waals surface area (Å²) >= 11 is 0. The maximum absolute atomic E-state index is 12.4. The third kappa shape index (κ3) is 5.04. The lowest BCUT2D eigenvalue weighted by Crippen LogP contribution is -2.53. The molecule has 0 bridgehead atoms. The molecule has 1 N–H and O–H groups in total. The van der Waals surface area contributed by atoms with E-state index < -0.39 is 0 Å². The Bertz CT molecular complexity index is 681. The number of nitrogens with one attached hydrogen (secondary N) is 1. The zero-order valence-corrected chi connectivity index (χ0v) is 17.2. The second-order valence-electron chi connectivity index (χ2n) is 8.24. The van der Waals surface area contributed by atoms with E-state index in [9.17, 15) is 9.59 Å². The van der Waals surface area contributed by atoms with Crippen molar-refractivity contribution < 1.29 is 14.3 Å². The Balaban J connectivity index is 1.52. The first-order valence-electron chi connectivity index (χ1n) is 10.5. The van der Waals surface area contributed by atoms with E-state index in [-0.39, 0.29) is 24.0 Å². The lowest BCUT2D eigenvalue weighted by Gasteiger charge is -2.39. The first-order valence-corrected chi connectivity index (χ1v) is 10.5. The van der Waals surface area contributed by atoms with Crippen molar-refractivity contribution in [1.29, 1.82) is 0 Å². The zero-order valence-electron chi connectivity index (χ0n) is 17.2. The Morgan fingerprint density at radius 3 is 2.57 bits per heavy atom. The van der Waals surface area contributed by atoms with Crippen LogP contribution in [-0.4, -0.2) is 56.0 Å². The standard InChI is InChI=1S/C22H33N3O3/c1-24(2)22(12-5-3-4-6-13-22)17-23-20(26)16-28-19-10-7-9-18(15-19)25-14-8-11-21(25)27/h7,9-10,15H,3-6,8,11-14,16-17H2,1-2H3,(H,23,26). The molecule has 1 saturated heterocycles. The molecule has 1 aromatic rings. The minimum Gasteiger partial charge on any atom is -0.484 e. The minimum absolute atomic E-state index is 0.0130. The molecule has 1 saturated carbocycles. The van der Waals surface area contributed by atoms with E-state index in [2.05, 4.69) is 24.3 Å². The van der Waals surface area contributed by atoms with Gasteiger partial charge in [0.05, 0.1) is 0 Å². The van der Waals surface area contributed by atoms with Crippen LogP contribution < -0.4 is 15.0 Å². The van der Waals surface area contributed by atoms with E-state index in [1.165, 1.54) is 25.7 Å². The molecule has 1 aliphatic heterocycles. The van der Waals surface area contributed by atoms with E-state index in [0.29, 0.717) is 18.7 Å². The highest BCUT2D eigenvalue weighted by Crippen LogP contribution is 2.30. The molecule has 1 heterocycles. The quantitative estimate of drug-likeness (QED) is 0.731. The maximum atomic E-state index is 12.4. The molecule has 0 radical (unpaired) electrons. The van der Waals surface area contributed by atoms with Gasteiger partial charge in [-0.3, -0.25) is 9.59 Å². The van der Waals surface area contributed by atoms with Gasteiger partial charge >= 0.3 is 0 Å². The fourth-order valence-corrected chi connectivity index (χ4v) is 4.29. The van der Waals surface area contributed by atoms with Crippen molar-refractivity contribution in [3.63, 3.8) is 0 Å². The van der Waals surface area contributed by atoms with Crippen LogP contribution in [0, 0.1) is 0 Å². The summed E-state index contributed by atoms with van der Waals surface area (Å²) in [5.74, 6) is 0.657. The van der Waals surface area contributed by atoms with Crippen LogP contribution >= 0.6 is 0 Å². The molecular formula is C22H33N3O3. The summed E-state index contributed by atoms with van der Waals surface area (Å²) in [5.41, 5.74) is 0.882. The number of nitrogens with zero attached hydrogens (tertiary/aromatic N) is 2. The number of amides is 2. The van der Waals surface area contributed by atoms with Gasteiger partial charge in [0.15, 0.2) is 6.61 Å². The predicted molar refractivity (Wildman–Crippen MR) is 111 cm³/mol. The van der Waals surface area contributed by atoms with Gasteiger partial charge in [0.1, 0.15) is 5.75 Å². The Kier molecular flexibility index (Phi) is 6.94. The summed E-state index contributed by atoms with van der Waals surface area (Å²) in [7, 11) is 4.22. The van der Waals surface area contributed by atoms with E-state index in [4.69, 9.17) is 4.74 Å². The third-order valence-electron chi connectivity index (χ3n) is 6.17. The Hall–Kier alpha value is -2.08. The van der Waals surface area contributed by atoms with Crippen molar-refractivity contribution >= 4 is 17.5 Å². The molecule has 3 rings (SSSR count). The molecule has 0 unspecified atom stereocenters. The molecule has 0 atom stereocenters. The fraction of sp³-hybridized carbons (Fsp3) is 0.636. The van der Waals surface area contributed by atoms with Crippen molar-refractivity contribution in [2.45, 2.75) is 56.9 Å². The second-order valence-corrected chi connectivity index (χ2v) is 8.24. The fourth-order valence-electron chi connectivity index (χ4n) is 4.29. The van der Waals surface area contributed by atoms with E-state index >= 15 is 0 Å². The molecule has 28 heavy (non-hydrogen) atoms. The van der Waals surface area contributed by atoms with Crippen LogP contribution in [0.5, 0.6) is 5.75 Å². The minimum atomic E-state index is -0.104. The number of carbonyl (C=O) groups excluding carboxylic acids is 2. The van der Waals surface area contributed by atoms with Crippen LogP contribution in [-0.2, 0) is 9.59 Å². The molecule has 0 aromatic heterocycles. The molecule has 0 spiro atoms. The van der Waals surface area contributed by atoms with E-state index in [1.807, 2.05) is 24.3 Å². The maximum Gasteiger partial charge on any atom is 0.258 e. The number of hydrogen-bond donors (Lipinski definition) is 1. The molecule has 6 heteroatoms. The van der Waals surface area contributed by atoms with Gasteiger partial charge in [0.2, 0.25) is 5.91 Å². The van der Waals surface area contributed by atoms with E-state index in [0.717, 1.165) is 31.5 Å². The van der Waals surface area contributed by atoms with Crippen LogP contribution in [0.1, 0.15) is 51.4 Å². The zero-order chi connectivity index (χ0) is 20.0. The summed E-state index contributed by atoms with van der Waals surface area (Å²) in [6, 6.07) is 7.43. The van der Waals surface area contributed by atoms with Crippen LogP contribution in [0.25, 0.3) is 0 Å². The van der Waals surface area contributed by atoms with Crippen LogP contribution in [0.4, 0.5) is 5.69 Å². The summed E-state index contributed by atoms with van der Waals surface area (Å²) < 4.78 is 5.70. The van der Waals surface area contributed by atoms with Crippen molar-refractivity contribution in [1.82, 2.24) is 10.2 Å². The number of carbonyl (C=O) groups is 2. The van der Waals surface area contributed by atoms with E-state index in [1.54, 1.807) is 4.90 Å². The van der Waals surface area contributed by atoms with Crippen LogP contribution in [0.15, 0.2) is 24.3 Å². The first kappa shape index (κ1) is 20.6. The SMILES string of the molecule is CN(C)C1(CNC(=O)COc2cccc(N3CCCC3=O)c2)CCCCCC1. The largest absolute Gasteiger partial charge is 0.484 e. The summed E-state index contributed by atoms with van der Waals surface area (Å²) in [4.78, 5) is 28.3. The molecular weight excluding hydrogens is 354 g/mol. The smallest absolute Gasteiger partial charge is 0.258 e. The predicted octanol–water partition coefficient (Wildman–Crippen LogP) is 2.96. The van der Waals surface area contributed by atoms with Crippen LogP contribution in [0.2, 0.25) is 0 Å². The molecule has 2 amide bonds. The first-order chi connectivity index (χ1) is 13.5. The normalized spacial score (nSPS) is 19.5. The third-order valence-corrected chi connectivity index (χ3v) is 6.17. The number of anilines is 1. The van der Waals surface area contributed by atoms with Gasteiger partial charge in [-0.25, -0.2) is 0 Å². The molecule has 1 aromatic carbocycles. The molecule has 2 fully saturated rings. The van der Waals surface area contributed by atoms with Crippen LogP contribution in [0.3, 0.4) is 0 Å². The average molecular weight is 388 g/mol. The summed E-state index contributed by atoms with van der Waals surface area (Å²) in [6.45, 7) is 1.39. The van der Waals surface area contributed by atoms with Gasteiger partial charge in [0.25, 0.3) is 5.91 Å². The van der Waals surface area contributed by atoms with Gasteiger partial charge in [-0.05, 0) is 45.5 Å². The Morgan fingerprint density at radius 2 is 1.93 bits per heavy atom. The van der Waals surface area contributed by atoms with Gasteiger partial charge in [-0.15, -0.1) is 0 Å². The number of benzene rings is 1. The number of ether oxygens (including phenoxy) is 1. The summed E-state index contributed by atoms with van der Waals surface area (Å²) in [6.07, 6.45) is 8.71. The van der Waals surface area contributed by atoms with Gasteiger partial charge < -0.3 is 19.9 Å². The van der Waals surface area contributed by atoms with Gasteiger partial charge in [-0.1, -0.05) is 31.7 Å².